The van der Waals surface area contributed by atoms with Crippen molar-refractivity contribution in [2.24, 2.45) is 5.10 Å². The lowest BCUT2D eigenvalue weighted by Gasteiger charge is -2.23. The van der Waals surface area contributed by atoms with Gasteiger partial charge in [0.25, 0.3) is 5.91 Å². The molecule has 1 aliphatic heterocycles. The molecular weight excluding hydrogens is 477 g/mol. The van der Waals surface area contributed by atoms with Crippen LogP contribution < -0.4 is 15.1 Å². The summed E-state index contributed by atoms with van der Waals surface area (Å²) in [4.78, 5) is 12.8. The van der Waals surface area contributed by atoms with E-state index in [1.54, 1.807) is 30.3 Å². The molecular formula is C29H23ClFN3O2. The predicted octanol–water partition coefficient (Wildman–Crippen LogP) is 7.10. The molecule has 0 radical (unpaired) electrons. The molecule has 4 aromatic rings. The Kier molecular flexibility index (Phi) is 6.69. The van der Waals surface area contributed by atoms with E-state index >= 15 is 0 Å². The predicted molar refractivity (Wildman–Crippen MR) is 142 cm³/mol. The summed E-state index contributed by atoms with van der Waals surface area (Å²) in [6.07, 6.45) is 0.659. The van der Waals surface area contributed by atoms with E-state index in [-0.39, 0.29) is 17.8 Å². The first kappa shape index (κ1) is 23.6. The van der Waals surface area contributed by atoms with E-state index in [0.29, 0.717) is 28.4 Å². The number of anilines is 2. The van der Waals surface area contributed by atoms with Crippen LogP contribution in [0.3, 0.4) is 0 Å². The van der Waals surface area contributed by atoms with Gasteiger partial charge in [0.05, 0.1) is 30.1 Å². The van der Waals surface area contributed by atoms with Crippen molar-refractivity contribution >= 4 is 34.6 Å². The lowest BCUT2D eigenvalue weighted by Crippen LogP contribution is -2.18. The molecule has 0 aliphatic carbocycles. The van der Waals surface area contributed by atoms with Gasteiger partial charge < -0.3 is 10.1 Å². The number of ether oxygens (including phenoxy) is 1. The highest BCUT2D eigenvalue weighted by Crippen LogP contribution is 2.36. The second-order valence-corrected chi connectivity index (χ2v) is 8.81. The first-order chi connectivity index (χ1) is 17.5. The lowest BCUT2D eigenvalue weighted by molar-refractivity contribution is 0.102. The molecule has 0 spiro atoms. The van der Waals surface area contributed by atoms with Crippen LogP contribution in [0.15, 0.2) is 102 Å². The summed E-state index contributed by atoms with van der Waals surface area (Å²) in [5.41, 5.74) is 4.79. The maximum atomic E-state index is 13.5. The minimum atomic E-state index is -0.313. The molecule has 36 heavy (non-hydrogen) atoms. The topological polar surface area (TPSA) is 53.9 Å². The molecule has 0 bridgehead atoms. The number of benzene rings is 4. The van der Waals surface area contributed by atoms with Crippen molar-refractivity contribution in [2.45, 2.75) is 12.5 Å². The summed E-state index contributed by atoms with van der Waals surface area (Å²) in [5.74, 6) is -0.134. The Hall–Kier alpha value is -4.16. The molecule has 0 saturated heterocycles. The van der Waals surface area contributed by atoms with Crippen molar-refractivity contribution in [1.82, 2.24) is 0 Å². The molecule has 1 heterocycles. The van der Waals surface area contributed by atoms with E-state index in [2.05, 4.69) is 5.32 Å². The van der Waals surface area contributed by atoms with Crippen LogP contribution in [0.2, 0.25) is 5.02 Å². The third kappa shape index (κ3) is 4.95. The second kappa shape index (κ2) is 10.2. The van der Waals surface area contributed by atoms with Gasteiger partial charge in [-0.2, -0.15) is 5.10 Å². The number of hydrogen-bond acceptors (Lipinski definition) is 4. The van der Waals surface area contributed by atoms with E-state index in [4.69, 9.17) is 21.4 Å². The van der Waals surface area contributed by atoms with Gasteiger partial charge in [-0.05, 0) is 65.7 Å². The number of methoxy groups -OCH3 is 1. The standard InChI is InChI=1S/C29H23ClFN3O2/c1-36-28-16-11-21(30)17-25(28)29(35)32-23-14-9-19(10-15-23)26-18-27(20-7-12-22(31)13-8-20)34(33-26)24-5-3-2-4-6-24/h2-17,27H,18H2,1H3,(H,32,35). The molecule has 0 saturated carbocycles. The zero-order valence-corrected chi connectivity index (χ0v) is 20.2. The smallest absolute Gasteiger partial charge is 0.259 e. The molecule has 5 rings (SSSR count). The van der Waals surface area contributed by atoms with E-state index in [9.17, 15) is 9.18 Å². The summed E-state index contributed by atoms with van der Waals surface area (Å²) in [6.45, 7) is 0. The molecule has 0 aromatic heterocycles. The highest BCUT2D eigenvalue weighted by atomic mass is 35.5. The van der Waals surface area contributed by atoms with Crippen molar-refractivity contribution in [3.05, 3.63) is 125 Å². The average Bonchev–Trinajstić information content (AvgIpc) is 3.35. The highest BCUT2D eigenvalue weighted by Gasteiger charge is 2.30. The van der Waals surface area contributed by atoms with Crippen molar-refractivity contribution in [2.75, 3.05) is 17.4 Å². The minimum absolute atomic E-state index is 0.0577. The number of carbonyl (C=O) groups excluding carboxylic acids is 1. The first-order valence-corrected chi connectivity index (χ1v) is 11.8. The maximum Gasteiger partial charge on any atom is 0.259 e. The van der Waals surface area contributed by atoms with Gasteiger partial charge in [0.15, 0.2) is 0 Å². The third-order valence-electron chi connectivity index (χ3n) is 6.07. The summed E-state index contributed by atoms with van der Waals surface area (Å²) in [6, 6.07) is 28.9. The third-order valence-corrected chi connectivity index (χ3v) is 6.30. The molecule has 180 valence electrons. The largest absolute Gasteiger partial charge is 0.496 e. The Balaban J connectivity index is 1.38. The number of hydrogen-bond donors (Lipinski definition) is 1. The second-order valence-electron chi connectivity index (χ2n) is 8.37. The van der Waals surface area contributed by atoms with E-state index in [0.717, 1.165) is 22.5 Å². The number of halogens is 2. The quantitative estimate of drug-likeness (QED) is 0.308. The van der Waals surface area contributed by atoms with E-state index < -0.39 is 0 Å². The fourth-order valence-electron chi connectivity index (χ4n) is 4.25. The van der Waals surface area contributed by atoms with Crippen LogP contribution in [0.1, 0.15) is 33.9 Å². The normalized spacial score (nSPS) is 14.9. The van der Waals surface area contributed by atoms with Gasteiger partial charge in [-0.15, -0.1) is 0 Å². The number of nitrogens with one attached hydrogen (secondary N) is 1. The van der Waals surface area contributed by atoms with Gasteiger partial charge in [0.1, 0.15) is 11.6 Å². The summed E-state index contributed by atoms with van der Waals surface area (Å²) in [7, 11) is 1.51. The van der Waals surface area contributed by atoms with Crippen molar-refractivity contribution in [3.8, 4) is 5.75 Å². The maximum absolute atomic E-state index is 13.5. The number of para-hydroxylation sites is 1. The van der Waals surface area contributed by atoms with E-state index in [1.807, 2.05) is 59.6 Å². The number of nitrogens with zero attached hydrogens (tertiary/aromatic N) is 2. The minimum Gasteiger partial charge on any atom is -0.496 e. The molecule has 1 amide bonds. The van der Waals surface area contributed by atoms with Gasteiger partial charge in [-0.3, -0.25) is 9.80 Å². The van der Waals surface area contributed by atoms with Crippen LogP contribution in [0.4, 0.5) is 15.8 Å². The molecule has 1 atom stereocenters. The van der Waals surface area contributed by atoms with Gasteiger partial charge >= 0.3 is 0 Å². The number of hydrazone groups is 1. The van der Waals surface area contributed by atoms with Gasteiger partial charge in [-0.1, -0.05) is 54.1 Å². The Morgan fingerprint density at radius 1 is 1.00 bits per heavy atom. The lowest BCUT2D eigenvalue weighted by atomic mass is 9.98. The summed E-state index contributed by atoms with van der Waals surface area (Å²) >= 11 is 6.06. The monoisotopic (exact) mass is 499 g/mol. The number of rotatable bonds is 6. The van der Waals surface area contributed by atoms with Gasteiger partial charge in [0, 0.05) is 17.1 Å². The van der Waals surface area contributed by atoms with E-state index in [1.165, 1.54) is 19.2 Å². The Labute approximate surface area is 213 Å². The number of carbonyl (C=O) groups is 1. The molecule has 4 aromatic carbocycles. The number of amides is 1. The molecule has 0 fully saturated rings. The van der Waals surface area contributed by atoms with Crippen molar-refractivity contribution in [3.63, 3.8) is 0 Å². The summed E-state index contributed by atoms with van der Waals surface area (Å²) in [5, 5.41) is 10.2. The van der Waals surface area contributed by atoms with Crippen LogP contribution in [-0.2, 0) is 0 Å². The van der Waals surface area contributed by atoms with Gasteiger partial charge in [-0.25, -0.2) is 4.39 Å². The Morgan fingerprint density at radius 2 is 1.72 bits per heavy atom. The Morgan fingerprint density at radius 3 is 2.42 bits per heavy atom. The highest BCUT2D eigenvalue weighted by molar-refractivity contribution is 6.31. The van der Waals surface area contributed by atoms with Crippen molar-refractivity contribution in [1.29, 1.82) is 0 Å². The zero-order valence-electron chi connectivity index (χ0n) is 19.5. The SMILES string of the molecule is COc1ccc(Cl)cc1C(=O)Nc1ccc(C2=NN(c3ccccc3)C(c3ccc(F)cc3)C2)cc1. The first-order valence-electron chi connectivity index (χ1n) is 11.4. The molecule has 7 heteroatoms. The van der Waals surface area contributed by atoms with Crippen LogP contribution in [0, 0.1) is 5.82 Å². The van der Waals surface area contributed by atoms with Crippen LogP contribution in [0.25, 0.3) is 0 Å². The zero-order chi connectivity index (χ0) is 25.1. The van der Waals surface area contributed by atoms with Crippen molar-refractivity contribution < 1.29 is 13.9 Å². The van der Waals surface area contributed by atoms with Crippen LogP contribution in [0.5, 0.6) is 5.75 Å². The Bertz CT molecular complexity index is 1410. The molecule has 5 nitrogen and oxygen atoms in total. The fourth-order valence-corrected chi connectivity index (χ4v) is 4.42. The molecule has 1 aliphatic rings. The van der Waals surface area contributed by atoms with Crippen LogP contribution >= 0.6 is 11.6 Å². The fraction of sp³-hybridized carbons (Fsp3) is 0.103. The van der Waals surface area contributed by atoms with Crippen LogP contribution in [-0.4, -0.2) is 18.7 Å². The summed E-state index contributed by atoms with van der Waals surface area (Å²) < 4.78 is 18.8. The molecule has 1 unspecified atom stereocenters. The average molecular weight is 500 g/mol. The molecule has 1 N–H and O–H groups in total. The van der Waals surface area contributed by atoms with Gasteiger partial charge in [0.2, 0.25) is 0 Å².